The molecule has 1 aromatic carbocycles. The van der Waals surface area contributed by atoms with Crippen LogP contribution in [-0.2, 0) is 0 Å². The first-order valence-electron chi connectivity index (χ1n) is 9.57. The molecule has 0 atom stereocenters. The van der Waals surface area contributed by atoms with Crippen LogP contribution in [0.4, 0.5) is 21.9 Å². The Morgan fingerprint density at radius 1 is 1.21 bits per heavy atom. The van der Waals surface area contributed by atoms with Gasteiger partial charge in [-0.05, 0) is 38.2 Å². The number of amides is 1. The van der Waals surface area contributed by atoms with Crippen molar-refractivity contribution in [2.45, 2.75) is 6.92 Å². The minimum atomic E-state index is -0.740. The van der Waals surface area contributed by atoms with Gasteiger partial charge in [-0.2, -0.15) is 0 Å². The van der Waals surface area contributed by atoms with Gasteiger partial charge in [0.1, 0.15) is 5.75 Å². The minimum Gasteiger partial charge on any atom is -0.495 e. The predicted octanol–water partition coefficient (Wildman–Crippen LogP) is 2.18. The maximum absolute atomic E-state index is 12.4. The first-order valence-corrected chi connectivity index (χ1v) is 9.57. The van der Waals surface area contributed by atoms with Crippen molar-refractivity contribution < 1.29 is 14.3 Å². The number of likely N-dealkylation sites (N-methyl/N-ethyl adjacent to an activating group) is 1. The predicted molar refractivity (Wildman–Crippen MR) is 114 cm³/mol. The summed E-state index contributed by atoms with van der Waals surface area (Å²) in [7, 11) is 3.72. The van der Waals surface area contributed by atoms with Crippen molar-refractivity contribution >= 4 is 23.2 Å². The number of carbonyl (C=O) groups is 1. The van der Waals surface area contributed by atoms with Crippen molar-refractivity contribution in [1.82, 2.24) is 9.88 Å². The lowest BCUT2D eigenvalue weighted by Gasteiger charge is -2.34. The zero-order chi connectivity index (χ0) is 20.8. The molecule has 1 saturated heterocycles. The Morgan fingerprint density at radius 2 is 1.97 bits per heavy atom. The monoisotopic (exact) mass is 401 g/mol. The van der Waals surface area contributed by atoms with Gasteiger partial charge in [0.15, 0.2) is 0 Å². The SMILES string of the molecule is CCNc1cc[nH]c(=O)c1OC(=O)Nc1ccc(OC)c(N2CCN(C)CC2)c1. The molecule has 156 valence electrons. The molecule has 2 heterocycles. The van der Waals surface area contributed by atoms with Crippen LogP contribution in [0.1, 0.15) is 6.92 Å². The quantitative estimate of drug-likeness (QED) is 0.682. The number of H-pyrrole nitrogens is 1. The van der Waals surface area contributed by atoms with Crippen LogP contribution in [-0.4, -0.2) is 62.9 Å². The first kappa shape index (κ1) is 20.5. The molecule has 0 bridgehead atoms. The fraction of sp³-hybridized carbons (Fsp3) is 0.400. The van der Waals surface area contributed by atoms with E-state index in [4.69, 9.17) is 9.47 Å². The van der Waals surface area contributed by atoms with Crippen LogP contribution in [0.5, 0.6) is 11.5 Å². The third-order valence-corrected chi connectivity index (χ3v) is 4.75. The van der Waals surface area contributed by atoms with Gasteiger partial charge in [0.25, 0.3) is 5.56 Å². The Bertz CT molecular complexity index is 906. The maximum Gasteiger partial charge on any atom is 0.417 e. The van der Waals surface area contributed by atoms with Crippen LogP contribution in [0, 0.1) is 0 Å². The van der Waals surface area contributed by atoms with Gasteiger partial charge in [-0.3, -0.25) is 10.1 Å². The van der Waals surface area contributed by atoms with Gasteiger partial charge >= 0.3 is 6.09 Å². The molecule has 29 heavy (non-hydrogen) atoms. The molecule has 0 unspecified atom stereocenters. The topological polar surface area (TPSA) is 98.9 Å². The van der Waals surface area contributed by atoms with Crippen LogP contribution in [0.2, 0.25) is 0 Å². The second-order valence-electron chi connectivity index (χ2n) is 6.77. The standard InChI is InChI=1S/C20H27N5O4/c1-4-21-15-7-8-22-19(26)18(15)29-20(27)23-14-5-6-17(28-3)16(13-14)25-11-9-24(2)10-12-25/h5-8,13H,4,9-12H2,1-3H3,(H,23,27)(H2,21,22,26). The number of anilines is 3. The average molecular weight is 401 g/mol. The lowest BCUT2D eigenvalue weighted by atomic mass is 10.2. The number of nitrogens with one attached hydrogen (secondary N) is 3. The third kappa shape index (κ3) is 5.00. The van der Waals surface area contributed by atoms with Gasteiger partial charge in [-0.15, -0.1) is 0 Å². The molecular formula is C20H27N5O4. The van der Waals surface area contributed by atoms with E-state index in [0.717, 1.165) is 37.6 Å². The van der Waals surface area contributed by atoms with Gasteiger partial charge < -0.3 is 29.6 Å². The lowest BCUT2D eigenvalue weighted by molar-refractivity contribution is 0.214. The van der Waals surface area contributed by atoms with E-state index < -0.39 is 11.7 Å². The van der Waals surface area contributed by atoms with Crippen molar-refractivity contribution in [2.24, 2.45) is 0 Å². The molecule has 1 aliphatic heterocycles. The van der Waals surface area contributed by atoms with E-state index in [9.17, 15) is 9.59 Å². The van der Waals surface area contributed by atoms with E-state index in [0.29, 0.717) is 17.9 Å². The van der Waals surface area contributed by atoms with E-state index in [1.54, 1.807) is 19.2 Å². The first-order chi connectivity index (χ1) is 14.0. The van der Waals surface area contributed by atoms with Gasteiger partial charge in [0.05, 0.1) is 18.5 Å². The van der Waals surface area contributed by atoms with Crippen LogP contribution in [0.3, 0.4) is 0 Å². The summed E-state index contributed by atoms with van der Waals surface area (Å²) in [5, 5.41) is 5.70. The van der Waals surface area contributed by atoms with Crippen molar-refractivity contribution in [1.29, 1.82) is 0 Å². The number of hydrogen-bond acceptors (Lipinski definition) is 7. The number of aromatic nitrogens is 1. The number of rotatable bonds is 6. The molecule has 1 amide bonds. The summed E-state index contributed by atoms with van der Waals surface area (Å²) in [4.78, 5) is 31.5. The number of piperazine rings is 1. The molecule has 2 aromatic rings. The smallest absolute Gasteiger partial charge is 0.417 e. The van der Waals surface area contributed by atoms with Crippen molar-refractivity contribution in [2.75, 3.05) is 62.4 Å². The Balaban J connectivity index is 1.76. The van der Waals surface area contributed by atoms with Crippen LogP contribution < -0.4 is 30.6 Å². The second kappa shape index (κ2) is 9.33. The van der Waals surface area contributed by atoms with E-state index in [1.165, 1.54) is 6.20 Å². The Labute approximate surface area is 169 Å². The van der Waals surface area contributed by atoms with Crippen molar-refractivity contribution in [3.8, 4) is 11.5 Å². The summed E-state index contributed by atoms with van der Waals surface area (Å²) in [6.07, 6.45) is 0.756. The molecule has 1 aliphatic rings. The summed E-state index contributed by atoms with van der Waals surface area (Å²) < 4.78 is 10.8. The zero-order valence-corrected chi connectivity index (χ0v) is 16.9. The van der Waals surface area contributed by atoms with Crippen LogP contribution in [0.25, 0.3) is 0 Å². The normalized spacial score (nSPS) is 14.4. The highest BCUT2D eigenvalue weighted by atomic mass is 16.6. The van der Waals surface area contributed by atoms with Crippen LogP contribution >= 0.6 is 0 Å². The number of hydrogen-bond donors (Lipinski definition) is 3. The number of pyridine rings is 1. The maximum atomic E-state index is 12.4. The number of nitrogens with zero attached hydrogens (tertiary/aromatic N) is 2. The van der Waals surface area contributed by atoms with Gasteiger partial charge in [-0.25, -0.2) is 4.79 Å². The molecule has 0 saturated carbocycles. The van der Waals surface area contributed by atoms with Crippen molar-refractivity contribution in [3.05, 3.63) is 40.8 Å². The molecular weight excluding hydrogens is 374 g/mol. The molecule has 9 heteroatoms. The number of aromatic amines is 1. The van der Waals surface area contributed by atoms with E-state index in [-0.39, 0.29) is 5.75 Å². The van der Waals surface area contributed by atoms with Gasteiger partial charge in [-0.1, -0.05) is 0 Å². The lowest BCUT2D eigenvalue weighted by Crippen LogP contribution is -2.44. The summed E-state index contributed by atoms with van der Waals surface area (Å²) in [5.41, 5.74) is 1.44. The molecule has 0 spiro atoms. The van der Waals surface area contributed by atoms with E-state index in [1.807, 2.05) is 19.1 Å². The molecule has 3 rings (SSSR count). The van der Waals surface area contributed by atoms with E-state index >= 15 is 0 Å². The second-order valence-corrected chi connectivity index (χ2v) is 6.77. The highest BCUT2D eigenvalue weighted by molar-refractivity contribution is 5.88. The Kier molecular flexibility index (Phi) is 6.61. The highest BCUT2D eigenvalue weighted by Crippen LogP contribution is 2.32. The summed E-state index contributed by atoms with van der Waals surface area (Å²) in [6, 6.07) is 7.04. The molecule has 9 nitrogen and oxygen atoms in total. The Morgan fingerprint density at radius 3 is 2.66 bits per heavy atom. The van der Waals surface area contributed by atoms with Gasteiger partial charge in [0, 0.05) is 44.6 Å². The number of benzene rings is 1. The summed E-state index contributed by atoms with van der Waals surface area (Å²) in [6.45, 7) is 6.12. The third-order valence-electron chi connectivity index (χ3n) is 4.75. The summed E-state index contributed by atoms with van der Waals surface area (Å²) in [5.74, 6) is 0.669. The number of carbonyl (C=O) groups excluding carboxylic acids is 1. The highest BCUT2D eigenvalue weighted by Gasteiger charge is 2.19. The van der Waals surface area contributed by atoms with E-state index in [2.05, 4.69) is 32.5 Å². The largest absolute Gasteiger partial charge is 0.495 e. The van der Waals surface area contributed by atoms with Crippen LogP contribution in [0.15, 0.2) is 35.3 Å². The zero-order valence-electron chi connectivity index (χ0n) is 16.9. The molecule has 1 aromatic heterocycles. The fourth-order valence-electron chi connectivity index (χ4n) is 3.19. The average Bonchev–Trinajstić information content (AvgIpc) is 2.71. The fourth-order valence-corrected chi connectivity index (χ4v) is 3.19. The Hall–Kier alpha value is -3.20. The molecule has 1 fully saturated rings. The minimum absolute atomic E-state index is 0.0698. The number of methoxy groups -OCH3 is 1. The molecule has 0 aliphatic carbocycles. The van der Waals surface area contributed by atoms with Crippen molar-refractivity contribution in [3.63, 3.8) is 0 Å². The summed E-state index contributed by atoms with van der Waals surface area (Å²) >= 11 is 0. The number of ether oxygens (including phenoxy) is 2. The molecule has 0 radical (unpaired) electrons. The molecule has 3 N–H and O–H groups in total. The van der Waals surface area contributed by atoms with Gasteiger partial charge in [0.2, 0.25) is 5.75 Å².